The standard InChI is InChI=1S/C8H16O3/c1-2-3-5-10-6-4-7-11-8-9/h8H,2-7H2,1H3. The third-order valence-electron chi connectivity index (χ3n) is 1.26. The van der Waals surface area contributed by atoms with Crippen molar-refractivity contribution in [1.29, 1.82) is 0 Å². The van der Waals surface area contributed by atoms with Crippen LogP contribution in [-0.4, -0.2) is 26.3 Å². The van der Waals surface area contributed by atoms with Crippen molar-refractivity contribution in [1.82, 2.24) is 0 Å². The lowest BCUT2D eigenvalue weighted by Crippen LogP contribution is -2.00. The van der Waals surface area contributed by atoms with Gasteiger partial charge in [-0.05, 0) is 6.42 Å². The van der Waals surface area contributed by atoms with Gasteiger partial charge >= 0.3 is 0 Å². The average molecular weight is 160 g/mol. The summed E-state index contributed by atoms with van der Waals surface area (Å²) < 4.78 is 9.70. The number of ether oxygens (including phenoxy) is 2. The third kappa shape index (κ3) is 9.43. The van der Waals surface area contributed by atoms with Crippen LogP contribution >= 0.6 is 0 Å². The van der Waals surface area contributed by atoms with Crippen LogP contribution in [0.1, 0.15) is 26.2 Å². The molecule has 0 N–H and O–H groups in total. The summed E-state index contributed by atoms with van der Waals surface area (Å²) in [5, 5.41) is 0. The Labute approximate surface area is 67.7 Å². The van der Waals surface area contributed by atoms with E-state index in [0.717, 1.165) is 25.9 Å². The van der Waals surface area contributed by atoms with Gasteiger partial charge in [0.25, 0.3) is 6.47 Å². The normalized spacial score (nSPS) is 9.55. The lowest BCUT2D eigenvalue weighted by Gasteiger charge is -2.01. The molecule has 0 saturated carbocycles. The van der Waals surface area contributed by atoms with Gasteiger partial charge in [0.1, 0.15) is 0 Å². The molecule has 0 aliphatic carbocycles. The van der Waals surface area contributed by atoms with Crippen LogP contribution in [0.5, 0.6) is 0 Å². The van der Waals surface area contributed by atoms with Crippen molar-refractivity contribution in [2.24, 2.45) is 0 Å². The number of carbonyl (C=O) groups excluding carboxylic acids is 1. The van der Waals surface area contributed by atoms with Crippen LogP contribution in [0.2, 0.25) is 0 Å². The second-order valence-electron chi connectivity index (χ2n) is 2.29. The van der Waals surface area contributed by atoms with E-state index in [2.05, 4.69) is 11.7 Å². The van der Waals surface area contributed by atoms with Gasteiger partial charge in [0.2, 0.25) is 0 Å². The molecular formula is C8H16O3. The number of unbranched alkanes of at least 4 members (excludes halogenated alkanes) is 1. The topological polar surface area (TPSA) is 35.5 Å². The molecule has 0 saturated heterocycles. The minimum atomic E-state index is 0.464. The van der Waals surface area contributed by atoms with Crippen LogP contribution in [-0.2, 0) is 14.3 Å². The Balaban J connectivity index is 2.74. The molecule has 0 rings (SSSR count). The summed E-state index contributed by atoms with van der Waals surface area (Å²) in [6, 6.07) is 0. The summed E-state index contributed by atoms with van der Waals surface area (Å²) in [6.45, 7) is 4.56. The van der Waals surface area contributed by atoms with E-state index in [0.29, 0.717) is 19.7 Å². The molecule has 0 bridgehead atoms. The van der Waals surface area contributed by atoms with Gasteiger partial charge in [-0.2, -0.15) is 0 Å². The molecule has 0 radical (unpaired) electrons. The average Bonchev–Trinajstić information content (AvgIpc) is 2.03. The zero-order valence-electron chi connectivity index (χ0n) is 7.04. The summed E-state index contributed by atoms with van der Waals surface area (Å²) in [4.78, 5) is 9.68. The quantitative estimate of drug-likeness (QED) is 0.397. The lowest BCUT2D eigenvalue weighted by atomic mass is 10.4. The third-order valence-corrected chi connectivity index (χ3v) is 1.26. The van der Waals surface area contributed by atoms with E-state index >= 15 is 0 Å². The van der Waals surface area contributed by atoms with Crippen molar-refractivity contribution in [3.63, 3.8) is 0 Å². The first kappa shape index (κ1) is 10.4. The second-order valence-corrected chi connectivity index (χ2v) is 2.29. The van der Waals surface area contributed by atoms with Crippen LogP contribution in [0.15, 0.2) is 0 Å². The highest BCUT2D eigenvalue weighted by atomic mass is 16.5. The fourth-order valence-corrected chi connectivity index (χ4v) is 0.641. The van der Waals surface area contributed by atoms with Crippen molar-refractivity contribution < 1.29 is 14.3 Å². The molecule has 0 aliphatic heterocycles. The highest BCUT2D eigenvalue weighted by molar-refractivity contribution is 5.36. The van der Waals surface area contributed by atoms with Gasteiger partial charge in [0.05, 0.1) is 6.61 Å². The predicted molar refractivity (Wildman–Crippen MR) is 42.4 cm³/mol. The Kier molecular flexibility index (Phi) is 8.94. The van der Waals surface area contributed by atoms with Gasteiger partial charge in [-0.25, -0.2) is 0 Å². The van der Waals surface area contributed by atoms with Gasteiger partial charge in [0.15, 0.2) is 0 Å². The second kappa shape index (κ2) is 9.43. The number of rotatable bonds is 8. The summed E-state index contributed by atoms with van der Waals surface area (Å²) in [5.41, 5.74) is 0. The SMILES string of the molecule is CCCCOCCCOC=O. The first-order valence-corrected chi connectivity index (χ1v) is 4.04. The summed E-state index contributed by atoms with van der Waals surface area (Å²) in [6.07, 6.45) is 3.06. The van der Waals surface area contributed by atoms with Gasteiger partial charge in [0, 0.05) is 19.6 Å². The van der Waals surface area contributed by atoms with E-state index in [4.69, 9.17) is 4.74 Å². The summed E-state index contributed by atoms with van der Waals surface area (Å²) in [5.74, 6) is 0. The fraction of sp³-hybridized carbons (Fsp3) is 0.875. The maximum absolute atomic E-state index is 9.68. The Morgan fingerprint density at radius 2 is 1.91 bits per heavy atom. The Morgan fingerprint density at radius 1 is 1.18 bits per heavy atom. The van der Waals surface area contributed by atoms with Gasteiger partial charge in [-0.1, -0.05) is 13.3 Å². The number of carbonyl (C=O) groups is 1. The molecular weight excluding hydrogens is 144 g/mol. The van der Waals surface area contributed by atoms with Gasteiger partial charge < -0.3 is 9.47 Å². The molecule has 0 aliphatic rings. The molecule has 0 aromatic carbocycles. The smallest absolute Gasteiger partial charge is 0.293 e. The molecule has 0 amide bonds. The molecule has 11 heavy (non-hydrogen) atoms. The van der Waals surface area contributed by atoms with E-state index in [1.807, 2.05) is 0 Å². The monoisotopic (exact) mass is 160 g/mol. The van der Waals surface area contributed by atoms with Gasteiger partial charge in [-0.15, -0.1) is 0 Å². The van der Waals surface area contributed by atoms with E-state index in [9.17, 15) is 4.79 Å². The fourth-order valence-electron chi connectivity index (χ4n) is 0.641. The minimum absolute atomic E-state index is 0.464. The molecule has 3 heteroatoms. The minimum Gasteiger partial charge on any atom is -0.468 e. The molecule has 0 atom stereocenters. The molecule has 3 nitrogen and oxygen atoms in total. The maximum Gasteiger partial charge on any atom is 0.293 e. The first-order valence-electron chi connectivity index (χ1n) is 4.04. The molecule has 0 aromatic heterocycles. The molecule has 0 fully saturated rings. The van der Waals surface area contributed by atoms with Crippen LogP contribution in [0.3, 0.4) is 0 Å². The zero-order valence-corrected chi connectivity index (χ0v) is 7.04. The van der Waals surface area contributed by atoms with Crippen molar-refractivity contribution in [2.45, 2.75) is 26.2 Å². The molecule has 0 spiro atoms. The molecule has 66 valence electrons. The maximum atomic E-state index is 9.68. The van der Waals surface area contributed by atoms with Crippen molar-refractivity contribution in [2.75, 3.05) is 19.8 Å². The summed E-state index contributed by atoms with van der Waals surface area (Å²) in [7, 11) is 0. The number of hydrogen-bond donors (Lipinski definition) is 0. The van der Waals surface area contributed by atoms with Crippen molar-refractivity contribution >= 4 is 6.47 Å². The highest BCUT2D eigenvalue weighted by Gasteiger charge is 1.88. The first-order chi connectivity index (χ1) is 5.41. The molecule has 0 aromatic rings. The van der Waals surface area contributed by atoms with Crippen molar-refractivity contribution in [3.05, 3.63) is 0 Å². The Hall–Kier alpha value is -0.570. The van der Waals surface area contributed by atoms with E-state index < -0.39 is 0 Å². The van der Waals surface area contributed by atoms with Gasteiger partial charge in [-0.3, -0.25) is 4.79 Å². The predicted octanol–water partition coefficient (Wildman–Crippen LogP) is 1.37. The Morgan fingerprint density at radius 3 is 2.55 bits per heavy atom. The van der Waals surface area contributed by atoms with Crippen molar-refractivity contribution in [3.8, 4) is 0 Å². The zero-order chi connectivity index (χ0) is 8.36. The molecule has 0 heterocycles. The van der Waals surface area contributed by atoms with E-state index in [1.54, 1.807) is 0 Å². The highest BCUT2D eigenvalue weighted by Crippen LogP contribution is 1.89. The largest absolute Gasteiger partial charge is 0.468 e. The van der Waals surface area contributed by atoms with Crippen LogP contribution in [0.25, 0.3) is 0 Å². The van der Waals surface area contributed by atoms with Crippen LogP contribution in [0.4, 0.5) is 0 Å². The molecule has 0 unspecified atom stereocenters. The van der Waals surface area contributed by atoms with E-state index in [-0.39, 0.29) is 0 Å². The van der Waals surface area contributed by atoms with Crippen LogP contribution < -0.4 is 0 Å². The van der Waals surface area contributed by atoms with E-state index in [1.165, 1.54) is 0 Å². The van der Waals surface area contributed by atoms with Crippen LogP contribution in [0, 0.1) is 0 Å². The summed E-state index contributed by atoms with van der Waals surface area (Å²) >= 11 is 0. The number of hydrogen-bond acceptors (Lipinski definition) is 3. The Bertz CT molecular complexity index is 83.4. The lowest BCUT2D eigenvalue weighted by molar-refractivity contribution is -0.129.